The molecule has 0 radical (unpaired) electrons. The monoisotopic (exact) mass is 453 g/mol. The summed E-state index contributed by atoms with van der Waals surface area (Å²) in [6.07, 6.45) is -2.00. The summed E-state index contributed by atoms with van der Waals surface area (Å²) in [7, 11) is 0. The van der Waals surface area contributed by atoms with E-state index in [4.69, 9.17) is 26.8 Å². The molecule has 3 unspecified atom stereocenters. The molecule has 0 aromatic heterocycles. The number of nitrogens with two attached hydrogens (primary N) is 1. The maximum absolute atomic E-state index is 13.1. The topological polar surface area (TPSA) is 146 Å². The maximum Gasteiger partial charge on any atom is 0.240 e. The summed E-state index contributed by atoms with van der Waals surface area (Å²) >= 11 is 7.54. The number of hydrogen-bond donors (Lipinski definition) is 6. The summed E-state index contributed by atoms with van der Waals surface area (Å²) in [6.45, 7) is 2.83. The lowest BCUT2D eigenvalue weighted by molar-refractivity contribution is -0.205. The number of alkyl halides is 1. The summed E-state index contributed by atoms with van der Waals surface area (Å²) in [4.78, 5) is 13.1. The van der Waals surface area contributed by atoms with Gasteiger partial charge in [0.1, 0.15) is 35.9 Å². The lowest BCUT2D eigenvalue weighted by atomic mass is 9.92. The van der Waals surface area contributed by atoms with Crippen LogP contribution in [0.25, 0.3) is 0 Å². The molecule has 0 saturated carbocycles. The van der Waals surface area contributed by atoms with Gasteiger partial charge in [0.25, 0.3) is 0 Å². The van der Waals surface area contributed by atoms with Crippen LogP contribution in [0, 0.1) is 5.92 Å². The lowest BCUT2D eigenvalue weighted by Gasteiger charge is -2.44. The highest BCUT2D eigenvalue weighted by Gasteiger charge is 2.49. The molecular weight excluding hydrogens is 422 g/mol. The number of aliphatic hydroxyl groups excluding tert-OH is 3. The van der Waals surface area contributed by atoms with E-state index in [1.165, 1.54) is 11.8 Å². The number of carbonyl (C=O) groups is 1. The van der Waals surface area contributed by atoms with E-state index in [0.29, 0.717) is 13.2 Å². The minimum atomic E-state index is -1.40. The predicted octanol–water partition coefficient (Wildman–Crippen LogP) is -1.64. The Hall–Kier alpha value is -0.170. The van der Waals surface area contributed by atoms with Gasteiger partial charge in [-0.25, -0.2) is 0 Å². The van der Waals surface area contributed by atoms with Gasteiger partial charge in [-0.3, -0.25) is 4.79 Å². The molecule has 3 aliphatic rings. The second-order valence-corrected chi connectivity index (χ2v) is 9.78. The first kappa shape index (κ1) is 23.5. The zero-order valence-corrected chi connectivity index (χ0v) is 18.2. The van der Waals surface area contributed by atoms with Crippen molar-refractivity contribution in [1.82, 2.24) is 10.6 Å². The van der Waals surface area contributed by atoms with Gasteiger partial charge in [0.05, 0.1) is 17.5 Å². The summed E-state index contributed by atoms with van der Waals surface area (Å²) in [5.74, 6) is -0.146. The average Bonchev–Trinajstić information content (AvgIpc) is 2.97. The van der Waals surface area contributed by atoms with Crippen LogP contribution < -0.4 is 16.4 Å². The third-order valence-electron chi connectivity index (χ3n) is 6.08. The van der Waals surface area contributed by atoms with Crippen LogP contribution in [0.4, 0.5) is 0 Å². The van der Waals surface area contributed by atoms with Crippen molar-refractivity contribution in [2.45, 2.75) is 79.2 Å². The molecule has 3 aliphatic heterocycles. The van der Waals surface area contributed by atoms with Crippen LogP contribution in [0.3, 0.4) is 0 Å². The molecule has 11 atom stereocenters. The number of nitrogens with one attached hydrogen (secondary N) is 2. The number of halogens is 1. The number of amides is 1. The Bertz CT molecular complexity index is 574. The highest BCUT2D eigenvalue weighted by atomic mass is 35.5. The molecule has 3 saturated heterocycles. The number of ether oxygens (including phenoxy) is 2. The fourth-order valence-corrected chi connectivity index (χ4v) is 5.30. The van der Waals surface area contributed by atoms with Gasteiger partial charge >= 0.3 is 0 Å². The number of hydrogen-bond acceptors (Lipinski definition) is 9. The average molecular weight is 454 g/mol. The van der Waals surface area contributed by atoms with E-state index < -0.39 is 47.3 Å². The zero-order valence-electron chi connectivity index (χ0n) is 16.6. The second-order valence-electron chi connectivity index (χ2n) is 8.15. The minimum absolute atomic E-state index is 0.0615. The number of fused-ring (bicyclic) bond motifs is 1. The minimum Gasteiger partial charge on any atom is -0.388 e. The fourth-order valence-electron chi connectivity index (χ4n) is 4.41. The third kappa shape index (κ3) is 5.02. The molecule has 0 aromatic rings. The highest BCUT2D eigenvalue weighted by Crippen LogP contribution is 2.31. The molecule has 0 aliphatic carbocycles. The Morgan fingerprint density at radius 2 is 2.03 bits per heavy atom. The first-order valence-corrected chi connectivity index (χ1v) is 11.7. The molecule has 0 spiro atoms. The molecule has 3 rings (SSSR count). The van der Waals surface area contributed by atoms with E-state index in [9.17, 15) is 20.1 Å². The molecule has 1 amide bonds. The SMILES string of the molecule is CSC1O[C@H]([C@H](NC(=O)[C@H]2NC[C@@H]3CC(N)CCO[C@H]32)[C@H](C)Cl)C(O)[C@@H](O)[C@H]1O. The quantitative estimate of drug-likeness (QED) is 0.270. The van der Waals surface area contributed by atoms with Gasteiger partial charge in [-0.15, -0.1) is 23.4 Å². The highest BCUT2D eigenvalue weighted by molar-refractivity contribution is 7.99. The van der Waals surface area contributed by atoms with Crippen molar-refractivity contribution in [1.29, 1.82) is 0 Å². The predicted molar refractivity (Wildman–Crippen MR) is 110 cm³/mol. The Morgan fingerprint density at radius 1 is 1.31 bits per heavy atom. The Kier molecular flexibility index (Phi) is 8.08. The molecule has 3 heterocycles. The third-order valence-corrected chi connectivity index (χ3v) is 7.20. The van der Waals surface area contributed by atoms with Crippen molar-refractivity contribution in [2.24, 2.45) is 11.7 Å². The van der Waals surface area contributed by atoms with Crippen LogP contribution in [0.15, 0.2) is 0 Å². The van der Waals surface area contributed by atoms with Crippen LogP contribution in [-0.4, -0.2) is 100 Å². The van der Waals surface area contributed by atoms with Crippen molar-refractivity contribution >= 4 is 29.3 Å². The number of rotatable bonds is 5. The molecule has 29 heavy (non-hydrogen) atoms. The van der Waals surface area contributed by atoms with Crippen LogP contribution >= 0.6 is 23.4 Å². The van der Waals surface area contributed by atoms with E-state index in [1.54, 1.807) is 13.2 Å². The number of thioether (sulfide) groups is 1. The first-order chi connectivity index (χ1) is 13.7. The van der Waals surface area contributed by atoms with Gasteiger partial charge in [0.15, 0.2) is 0 Å². The molecule has 9 nitrogen and oxygen atoms in total. The molecule has 0 bridgehead atoms. The molecule has 168 valence electrons. The molecular formula is C18H32ClN3O6S. The van der Waals surface area contributed by atoms with Crippen molar-refractivity contribution in [2.75, 3.05) is 19.4 Å². The number of carbonyl (C=O) groups excluding carboxylic acids is 1. The lowest BCUT2D eigenvalue weighted by Crippen LogP contribution is -2.65. The van der Waals surface area contributed by atoms with E-state index >= 15 is 0 Å². The van der Waals surface area contributed by atoms with Crippen LogP contribution in [0.2, 0.25) is 0 Å². The fraction of sp³-hybridized carbons (Fsp3) is 0.944. The van der Waals surface area contributed by atoms with Crippen LogP contribution in [-0.2, 0) is 14.3 Å². The Morgan fingerprint density at radius 3 is 2.69 bits per heavy atom. The number of aliphatic hydroxyl groups is 3. The van der Waals surface area contributed by atoms with Gasteiger partial charge in [0, 0.05) is 25.1 Å². The maximum atomic E-state index is 13.1. The van der Waals surface area contributed by atoms with E-state index in [2.05, 4.69) is 10.6 Å². The van der Waals surface area contributed by atoms with Gasteiger partial charge in [-0.05, 0) is 26.0 Å². The standard InChI is InChI=1S/C18H32ClN3O6S/c1-7(19)10(16-13(24)12(23)14(25)18(28-16)29-2)22-17(26)11-15-8(6-21-11)5-9(20)3-4-27-15/h7-16,18,21,23-25H,3-6,20H2,1-2H3,(H,22,26)/t7-,8-,9?,10+,11-,12+,13?,14+,15+,16+,18?/m0/s1. The molecule has 3 fully saturated rings. The van der Waals surface area contributed by atoms with E-state index in [0.717, 1.165) is 12.8 Å². The molecule has 0 aromatic carbocycles. The summed E-state index contributed by atoms with van der Waals surface area (Å²) in [6, 6.07) is -1.27. The Balaban J connectivity index is 1.71. The largest absolute Gasteiger partial charge is 0.388 e. The summed E-state index contributed by atoms with van der Waals surface area (Å²) < 4.78 is 11.7. The van der Waals surface area contributed by atoms with Gasteiger partial charge in [0.2, 0.25) is 5.91 Å². The van der Waals surface area contributed by atoms with Crippen molar-refractivity contribution in [3.05, 3.63) is 0 Å². The van der Waals surface area contributed by atoms with Crippen LogP contribution in [0.1, 0.15) is 19.8 Å². The van der Waals surface area contributed by atoms with Gasteiger partial charge in [-0.1, -0.05) is 0 Å². The second kappa shape index (κ2) is 9.97. The van der Waals surface area contributed by atoms with E-state index in [-0.39, 0.29) is 24.0 Å². The van der Waals surface area contributed by atoms with Crippen molar-refractivity contribution < 1.29 is 29.6 Å². The summed E-state index contributed by atoms with van der Waals surface area (Å²) in [5, 5.41) is 36.2. The first-order valence-electron chi connectivity index (χ1n) is 10.0. The van der Waals surface area contributed by atoms with Gasteiger partial charge in [-0.2, -0.15) is 0 Å². The zero-order chi connectivity index (χ0) is 21.3. The van der Waals surface area contributed by atoms with Crippen molar-refractivity contribution in [3.63, 3.8) is 0 Å². The van der Waals surface area contributed by atoms with Crippen LogP contribution in [0.5, 0.6) is 0 Å². The van der Waals surface area contributed by atoms with E-state index in [1.807, 2.05) is 0 Å². The van der Waals surface area contributed by atoms with Crippen molar-refractivity contribution in [3.8, 4) is 0 Å². The molecule has 11 heteroatoms. The Labute approximate surface area is 180 Å². The molecule has 7 N–H and O–H groups in total. The smallest absolute Gasteiger partial charge is 0.240 e. The van der Waals surface area contributed by atoms with Gasteiger partial charge < -0.3 is 41.2 Å². The summed E-state index contributed by atoms with van der Waals surface area (Å²) in [5.41, 5.74) is 5.34. The normalized spacial score (nSPS) is 45.1.